The summed E-state index contributed by atoms with van der Waals surface area (Å²) in [6.45, 7) is 1.74. The topological polar surface area (TPSA) is 88.6 Å². The largest absolute Gasteiger partial charge is 0.491 e. The third-order valence-electron chi connectivity index (χ3n) is 6.29. The zero-order valence-corrected chi connectivity index (χ0v) is 16.6. The summed E-state index contributed by atoms with van der Waals surface area (Å²) < 4.78 is 19.3. The Hall–Kier alpha value is -3.22. The highest BCUT2D eigenvalue weighted by Crippen LogP contribution is 2.41. The van der Waals surface area contributed by atoms with Gasteiger partial charge in [0.05, 0.1) is 12.1 Å². The van der Waals surface area contributed by atoms with Crippen molar-refractivity contribution < 1.29 is 19.0 Å². The van der Waals surface area contributed by atoms with Crippen LogP contribution in [-0.4, -0.2) is 28.9 Å². The molecule has 6 rings (SSSR count). The zero-order valence-electron chi connectivity index (χ0n) is 16.6. The molecule has 0 bridgehead atoms. The zero-order chi connectivity index (χ0) is 20.2. The Kier molecular flexibility index (Phi) is 3.91. The number of aryl methyl sites for hydroxylation is 1. The molecule has 1 fully saturated rings. The number of aromatic nitrogens is 2. The van der Waals surface area contributed by atoms with Gasteiger partial charge in [0.1, 0.15) is 17.1 Å². The molecule has 3 heterocycles. The van der Waals surface area contributed by atoms with E-state index in [0.717, 1.165) is 71.0 Å². The Morgan fingerprint density at radius 2 is 2.00 bits per heavy atom. The van der Waals surface area contributed by atoms with Crippen LogP contribution in [0.4, 0.5) is 0 Å². The first kappa shape index (κ1) is 17.6. The molecule has 1 aromatic heterocycles. The van der Waals surface area contributed by atoms with Gasteiger partial charge < -0.3 is 24.5 Å². The van der Waals surface area contributed by atoms with Crippen LogP contribution >= 0.6 is 0 Å². The predicted octanol–water partition coefficient (Wildman–Crippen LogP) is 3.27. The Labute approximate surface area is 173 Å². The fourth-order valence-electron chi connectivity index (χ4n) is 4.64. The lowest BCUT2D eigenvalue weighted by Crippen LogP contribution is -2.26. The molecule has 7 nitrogen and oxygen atoms in total. The first-order chi connectivity index (χ1) is 14.7. The van der Waals surface area contributed by atoms with Crippen molar-refractivity contribution in [3.05, 3.63) is 35.9 Å². The van der Waals surface area contributed by atoms with E-state index in [9.17, 15) is 4.79 Å². The van der Waals surface area contributed by atoms with E-state index >= 15 is 0 Å². The first-order valence-corrected chi connectivity index (χ1v) is 10.5. The van der Waals surface area contributed by atoms with Gasteiger partial charge in [-0.2, -0.15) is 0 Å². The molecular weight excluding hydrogens is 382 g/mol. The average molecular weight is 405 g/mol. The van der Waals surface area contributed by atoms with Crippen molar-refractivity contribution >= 4 is 16.9 Å². The molecule has 2 aliphatic heterocycles. The predicted molar refractivity (Wildman–Crippen MR) is 111 cm³/mol. The third kappa shape index (κ3) is 2.88. The molecule has 2 N–H and O–H groups in total. The number of ether oxygens (including phenoxy) is 3. The number of carbonyl (C=O) groups excluding carboxylic acids is 1. The lowest BCUT2D eigenvalue weighted by molar-refractivity contribution is -0.122. The molecule has 2 aromatic carbocycles. The second-order valence-corrected chi connectivity index (χ2v) is 8.37. The fraction of sp³-hybridized carbons (Fsp3) is 0.391. The second kappa shape index (κ2) is 6.65. The molecule has 3 aromatic rings. The van der Waals surface area contributed by atoms with Crippen LogP contribution < -0.4 is 19.9 Å². The van der Waals surface area contributed by atoms with E-state index in [1.54, 1.807) is 0 Å². The summed E-state index contributed by atoms with van der Waals surface area (Å²) in [5.41, 5.74) is 9.61. The van der Waals surface area contributed by atoms with Gasteiger partial charge in [-0.25, -0.2) is 4.98 Å². The molecule has 1 amide bonds. The van der Waals surface area contributed by atoms with Gasteiger partial charge in [0.25, 0.3) is 0 Å². The quantitative estimate of drug-likeness (QED) is 0.704. The van der Waals surface area contributed by atoms with E-state index in [1.165, 1.54) is 0 Å². The number of fused-ring (bicyclic) bond motifs is 1. The maximum absolute atomic E-state index is 12.0. The van der Waals surface area contributed by atoms with E-state index in [4.69, 9.17) is 24.9 Å². The number of imidazole rings is 1. The van der Waals surface area contributed by atoms with Gasteiger partial charge in [-0.05, 0) is 67.5 Å². The third-order valence-corrected chi connectivity index (χ3v) is 6.29. The van der Waals surface area contributed by atoms with Crippen LogP contribution in [0.1, 0.15) is 24.8 Å². The molecular formula is C23H23N3O4. The number of carbonyl (C=O) groups is 1. The summed E-state index contributed by atoms with van der Waals surface area (Å²) in [6.07, 6.45) is 3.71. The number of nitrogens with zero attached hydrogens (tertiary/aromatic N) is 2. The number of hydrogen-bond acceptors (Lipinski definition) is 5. The molecule has 154 valence electrons. The van der Waals surface area contributed by atoms with Crippen LogP contribution in [-0.2, 0) is 17.8 Å². The van der Waals surface area contributed by atoms with Gasteiger partial charge in [0.15, 0.2) is 11.5 Å². The smallest absolute Gasteiger partial charge is 0.231 e. The summed E-state index contributed by atoms with van der Waals surface area (Å²) in [6, 6.07) is 10.1. The number of primary amides is 1. The van der Waals surface area contributed by atoms with E-state index in [0.29, 0.717) is 18.9 Å². The fourth-order valence-corrected chi connectivity index (χ4v) is 4.64. The standard InChI is InChI=1S/C23H23N3O4/c24-22(27)16(14-2-3-14)8-13-9-17-21-20(10-13)28-7-1-6-26(21)23(25-17)15-4-5-18-19(11-15)30-12-29-18/h4-5,9-11,14,16H,1-3,6-8,12H2,(H2,24,27)/t16-/m0/s1. The van der Waals surface area contributed by atoms with Crippen molar-refractivity contribution in [2.24, 2.45) is 17.6 Å². The highest BCUT2D eigenvalue weighted by atomic mass is 16.7. The minimum Gasteiger partial charge on any atom is -0.491 e. The Morgan fingerprint density at radius 1 is 1.13 bits per heavy atom. The number of rotatable bonds is 5. The SMILES string of the molecule is NC(=O)[C@@H](Cc1cc2c3c(c1)nc(-c1ccc4c(c1)OCO4)n3CCCO2)C1CC1. The molecule has 0 radical (unpaired) electrons. The van der Waals surface area contributed by atoms with Gasteiger partial charge in [0, 0.05) is 18.0 Å². The van der Waals surface area contributed by atoms with Crippen LogP contribution in [0, 0.1) is 11.8 Å². The first-order valence-electron chi connectivity index (χ1n) is 10.5. The van der Waals surface area contributed by atoms with Crippen molar-refractivity contribution in [3.8, 4) is 28.6 Å². The van der Waals surface area contributed by atoms with Crippen molar-refractivity contribution in [2.45, 2.75) is 32.2 Å². The van der Waals surface area contributed by atoms with E-state index in [-0.39, 0.29) is 18.6 Å². The molecule has 1 aliphatic carbocycles. The lowest BCUT2D eigenvalue weighted by atomic mass is 9.94. The van der Waals surface area contributed by atoms with Crippen molar-refractivity contribution in [3.63, 3.8) is 0 Å². The van der Waals surface area contributed by atoms with Crippen LogP contribution in [0.15, 0.2) is 30.3 Å². The van der Waals surface area contributed by atoms with E-state index in [2.05, 4.69) is 16.7 Å². The minimum atomic E-state index is -0.212. The molecule has 30 heavy (non-hydrogen) atoms. The maximum atomic E-state index is 12.0. The van der Waals surface area contributed by atoms with Crippen molar-refractivity contribution in [1.82, 2.24) is 9.55 Å². The van der Waals surface area contributed by atoms with Gasteiger partial charge in [-0.1, -0.05) is 0 Å². The van der Waals surface area contributed by atoms with Gasteiger partial charge >= 0.3 is 0 Å². The summed E-state index contributed by atoms with van der Waals surface area (Å²) >= 11 is 0. The van der Waals surface area contributed by atoms with Crippen LogP contribution in [0.2, 0.25) is 0 Å². The Morgan fingerprint density at radius 3 is 2.83 bits per heavy atom. The average Bonchev–Trinajstić information content (AvgIpc) is 3.40. The summed E-state index contributed by atoms with van der Waals surface area (Å²) in [5.74, 6) is 3.31. The normalized spacial score (nSPS) is 18.1. The highest BCUT2D eigenvalue weighted by Gasteiger charge is 2.35. The van der Waals surface area contributed by atoms with Crippen molar-refractivity contribution in [2.75, 3.05) is 13.4 Å². The van der Waals surface area contributed by atoms with E-state index in [1.807, 2.05) is 18.2 Å². The maximum Gasteiger partial charge on any atom is 0.231 e. The number of amides is 1. The Bertz CT molecular complexity index is 1160. The molecule has 3 aliphatic rings. The van der Waals surface area contributed by atoms with Crippen LogP contribution in [0.25, 0.3) is 22.4 Å². The van der Waals surface area contributed by atoms with Crippen LogP contribution in [0.3, 0.4) is 0 Å². The molecule has 0 unspecified atom stereocenters. The minimum absolute atomic E-state index is 0.115. The molecule has 7 heteroatoms. The molecule has 0 saturated heterocycles. The van der Waals surface area contributed by atoms with E-state index < -0.39 is 0 Å². The monoisotopic (exact) mass is 405 g/mol. The number of hydrogen-bond donors (Lipinski definition) is 1. The number of benzene rings is 2. The molecule has 1 saturated carbocycles. The Balaban J connectivity index is 1.46. The number of nitrogens with two attached hydrogens (primary N) is 1. The molecule has 1 atom stereocenters. The van der Waals surface area contributed by atoms with Gasteiger partial charge in [-0.3, -0.25) is 4.79 Å². The summed E-state index contributed by atoms with van der Waals surface area (Å²) in [4.78, 5) is 16.9. The van der Waals surface area contributed by atoms with Gasteiger partial charge in [0.2, 0.25) is 12.7 Å². The highest BCUT2D eigenvalue weighted by molar-refractivity contribution is 5.87. The summed E-state index contributed by atoms with van der Waals surface area (Å²) in [7, 11) is 0. The summed E-state index contributed by atoms with van der Waals surface area (Å²) in [5, 5.41) is 0. The van der Waals surface area contributed by atoms with Crippen LogP contribution in [0.5, 0.6) is 17.2 Å². The van der Waals surface area contributed by atoms with Crippen molar-refractivity contribution in [1.29, 1.82) is 0 Å². The van der Waals surface area contributed by atoms with Gasteiger partial charge in [-0.15, -0.1) is 0 Å². The second-order valence-electron chi connectivity index (χ2n) is 8.37. The molecule has 0 spiro atoms. The lowest BCUT2D eigenvalue weighted by Gasteiger charge is -2.13.